The van der Waals surface area contributed by atoms with Crippen LogP contribution in [0.5, 0.6) is 0 Å². The molecule has 1 aliphatic heterocycles. The lowest BCUT2D eigenvalue weighted by molar-refractivity contribution is -0.143. The molecule has 0 aromatic carbocycles. The van der Waals surface area contributed by atoms with E-state index in [-0.39, 0.29) is 28.9 Å². The smallest absolute Gasteiger partial charge is 0.317 e. The van der Waals surface area contributed by atoms with Gasteiger partial charge in [-0.3, -0.25) is 4.79 Å². The second-order valence-corrected chi connectivity index (χ2v) is 8.05. The van der Waals surface area contributed by atoms with Crippen LogP contribution >= 0.6 is 0 Å². The third-order valence-electron chi connectivity index (χ3n) is 5.37. The number of esters is 1. The van der Waals surface area contributed by atoms with Crippen LogP contribution in [0.15, 0.2) is 6.33 Å². The van der Waals surface area contributed by atoms with Crippen LogP contribution in [0.25, 0.3) is 0 Å². The van der Waals surface area contributed by atoms with Crippen LogP contribution in [-0.4, -0.2) is 51.9 Å². The number of carbonyl (C=O) groups is 2. The van der Waals surface area contributed by atoms with Gasteiger partial charge in [0.1, 0.15) is 12.2 Å². The minimum atomic E-state index is -0.178. The molecule has 1 saturated carbocycles. The summed E-state index contributed by atoms with van der Waals surface area (Å²) in [5.74, 6) is 0.648. The summed E-state index contributed by atoms with van der Waals surface area (Å²) in [6.45, 7) is 7.83. The van der Waals surface area contributed by atoms with Gasteiger partial charge < -0.3 is 15.0 Å². The Morgan fingerprint density at radius 3 is 2.64 bits per heavy atom. The number of hydrogen-bond donors (Lipinski definition) is 1. The van der Waals surface area contributed by atoms with Gasteiger partial charge in [-0.05, 0) is 45.4 Å². The first-order valence-corrected chi connectivity index (χ1v) is 8.77. The van der Waals surface area contributed by atoms with E-state index in [1.54, 1.807) is 0 Å². The van der Waals surface area contributed by atoms with Crippen LogP contribution in [0.3, 0.4) is 0 Å². The van der Waals surface area contributed by atoms with Crippen molar-refractivity contribution in [3.8, 4) is 0 Å². The Labute approximate surface area is 147 Å². The van der Waals surface area contributed by atoms with E-state index in [1.165, 1.54) is 13.4 Å². The van der Waals surface area contributed by atoms with Gasteiger partial charge in [0.25, 0.3) is 0 Å². The van der Waals surface area contributed by atoms with Gasteiger partial charge in [-0.1, -0.05) is 0 Å². The first-order valence-electron chi connectivity index (χ1n) is 8.77. The van der Waals surface area contributed by atoms with Crippen molar-refractivity contribution >= 4 is 12.0 Å². The first kappa shape index (κ1) is 17.7. The number of hydrogen-bond acceptors (Lipinski definition) is 5. The maximum Gasteiger partial charge on any atom is 0.317 e. The molecule has 1 aromatic rings. The molecule has 1 aliphatic carbocycles. The molecule has 1 unspecified atom stereocenters. The quantitative estimate of drug-likeness (QED) is 0.836. The highest BCUT2D eigenvalue weighted by Gasteiger charge is 2.59. The summed E-state index contributed by atoms with van der Waals surface area (Å²) in [4.78, 5) is 30.2. The van der Waals surface area contributed by atoms with E-state index in [0.717, 1.165) is 25.1 Å². The van der Waals surface area contributed by atoms with Crippen molar-refractivity contribution in [2.45, 2.75) is 52.1 Å². The maximum atomic E-state index is 12.4. The zero-order chi connectivity index (χ0) is 18.2. The number of carbonyl (C=O) groups excluding carboxylic acids is 2. The SMILES string of the molecule is COC(=O)C1CC12CCN(C(=O)NCc1ncnn1C(C)(C)C)CC2. The van der Waals surface area contributed by atoms with E-state index in [0.29, 0.717) is 19.6 Å². The number of amides is 2. The molecule has 1 N–H and O–H groups in total. The lowest BCUT2D eigenvalue weighted by Gasteiger charge is -2.32. The van der Waals surface area contributed by atoms with E-state index < -0.39 is 0 Å². The minimum absolute atomic E-state index is 0.0213. The summed E-state index contributed by atoms with van der Waals surface area (Å²) in [6, 6.07) is -0.0893. The molecule has 25 heavy (non-hydrogen) atoms. The molecular weight excluding hydrogens is 322 g/mol. The van der Waals surface area contributed by atoms with Crippen LogP contribution < -0.4 is 5.32 Å². The van der Waals surface area contributed by atoms with E-state index >= 15 is 0 Å². The van der Waals surface area contributed by atoms with Gasteiger partial charge in [-0.15, -0.1) is 0 Å². The Balaban J connectivity index is 1.50. The first-order chi connectivity index (χ1) is 11.8. The number of methoxy groups -OCH3 is 1. The number of likely N-dealkylation sites (tertiary alicyclic amines) is 1. The van der Waals surface area contributed by atoms with Gasteiger partial charge in [0.05, 0.1) is 25.1 Å². The number of urea groups is 1. The fourth-order valence-electron chi connectivity index (χ4n) is 3.74. The molecule has 1 saturated heterocycles. The molecule has 2 fully saturated rings. The molecule has 8 heteroatoms. The highest BCUT2D eigenvalue weighted by Crippen LogP contribution is 2.59. The molecule has 2 heterocycles. The zero-order valence-electron chi connectivity index (χ0n) is 15.4. The molecule has 2 amide bonds. The van der Waals surface area contributed by atoms with Crippen LogP contribution in [0, 0.1) is 11.3 Å². The normalized spacial score (nSPS) is 21.9. The van der Waals surface area contributed by atoms with E-state index in [1.807, 2.05) is 30.4 Å². The largest absolute Gasteiger partial charge is 0.469 e. The Hall–Kier alpha value is -2.12. The molecule has 0 bridgehead atoms. The molecule has 8 nitrogen and oxygen atoms in total. The fraction of sp³-hybridized carbons (Fsp3) is 0.765. The predicted molar refractivity (Wildman–Crippen MR) is 90.6 cm³/mol. The Morgan fingerprint density at radius 1 is 1.36 bits per heavy atom. The number of piperidine rings is 1. The molecule has 138 valence electrons. The van der Waals surface area contributed by atoms with Crippen molar-refractivity contribution < 1.29 is 14.3 Å². The van der Waals surface area contributed by atoms with Crippen molar-refractivity contribution in [1.29, 1.82) is 0 Å². The summed E-state index contributed by atoms with van der Waals surface area (Å²) < 4.78 is 6.67. The summed E-state index contributed by atoms with van der Waals surface area (Å²) in [5.41, 5.74) is -0.112. The van der Waals surface area contributed by atoms with Crippen LogP contribution in [-0.2, 0) is 21.6 Å². The van der Waals surface area contributed by atoms with Crippen LogP contribution in [0.2, 0.25) is 0 Å². The topological polar surface area (TPSA) is 89.3 Å². The van der Waals surface area contributed by atoms with Crippen molar-refractivity contribution in [3.63, 3.8) is 0 Å². The van der Waals surface area contributed by atoms with Gasteiger partial charge in [0.2, 0.25) is 0 Å². The highest BCUT2D eigenvalue weighted by atomic mass is 16.5. The Bertz CT molecular complexity index is 655. The molecule has 1 atom stereocenters. The summed E-state index contributed by atoms with van der Waals surface area (Å²) in [5, 5.41) is 7.17. The maximum absolute atomic E-state index is 12.4. The summed E-state index contributed by atoms with van der Waals surface area (Å²) in [7, 11) is 1.44. The second-order valence-electron chi connectivity index (χ2n) is 8.05. The molecule has 1 aromatic heterocycles. The second kappa shape index (κ2) is 6.31. The van der Waals surface area contributed by atoms with Crippen molar-refractivity contribution in [2.24, 2.45) is 11.3 Å². The third kappa shape index (κ3) is 3.48. The van der Waals surface area contributed by atoms with E-state index in [9.17, 15) is 9.59 Å². The molecular formula is C17H27N5O3. The molecule has 0 radical (unpaired) electrons. The number of nitrogens with zero attached hydrogens (tertiary/aromatic N) is 4. The standard InChI is InChI=1S/C17H27N5O3/c1-16(2,3)22-13(19-11-20-22)10-18-15(24)21-7-5-17(6-8-21)9-12(17)14(23)25-4/h11-12H,5-10H2,1-4H3,(H,18,24). The van der Waals surface area contributed by atoms with Crippen molar-refractivity contribution in [1.82, 2.24) is 25.0 Å². The number of aromatic nitrogens is 3. The van der Waals surface area contributed by atoms with E-state index in [4.69, 9.17) is 4.74 Å². The lowest BCUT2D eigenvalue weighted by Crippen LogP contribution is -2.45. The zero-order valence-corrected chi connectivity index (χ0v) is 15.4. The highest BCUT2D eigenvalue weighted by molar-refractivity contribution is 5.77. The van der Waals surface area contributed by atoms with Crippen LogP contribution in [0.4, 0.5) is 4.79 Å². The average molecular weight is 349 g/mol. The minimum Gasteiger partial charge on any atom is -0.469 e. The number of nitrogens with one attached hydrogen (secondary N) is 1. The van der Waals surface area contributed by atoms with Gasteiger partial charge >= 0.3 is 12.0 Å². The summed E-state index contributed by atoms with van der Waals surface area (Å²) in [6.07, 6.45) is 4.12. The average Bonchev–Trinajstić information content (AvgIpc) is 3.05. The Morgan fingerprint density at radius 2 is 2.04 bits per heavy atom. The fourth-order valence-corrected chi connectivity index (χ4v) is 3.74. The predicted octanol–water partition coefficient (Wildman–Crippen LogP) is 1.52. The van der Waals surface area contributed by atoms with Gasteiger partial charge in [-0.25, -0.2) is 14.5 Å². The summed E-state index contributed by atoms with van der Waals surface area (Å²) >= 11 is 0. The van der Waals surface area contributed by atoms with Gasteiger partial charge in [-0.2, -0.15) is 5.10 Å². The molecule has 3 rings (SSSR count). The molecule has 2 aliphatic rings. The van der Waals surface area contributed by atoms with Crippen molar-refractivity contribution in [3.05, 3.63) is 12.2 Å². The van der Waals surface area contributed by atoms with Crippen molar-refractivity contribution in [2.75, 3.05) is 20.2 Å². The van der Waals surface area contributed by atoms with Gasteiger partial charge in [0, 0.05) is 13.1 Å². The lowest BCUT2D eigenvalue weighted by atomic mass is 9.91. The molecule has 1 spiro atoms. The van der Waals surface area contributed by atoms with Crippen LogP contribution in [0.1, 0.15) is 45.9 Å². The Kier molecular flexibility index (Phi) is 4.47. The number of rotatable bonds is 3. The van der Waals surface area contributed by atoms with E-state index in [2.05, 4.69) is 15.4 Å². The van der Waals surface area contributed by atoms with Gasteiger partial charge in [0.15, 0.2) is 0 Å². The third-order valence-corrected chi connectivity index (χ3v) is 5.37. The number of ether oxygens (including phenoxy) is 1. The monoisotopic (exact) mass is 349 g/mol.